The summed E-state index contributed by atoms with van der Waals surface area (Å²) in [5, 5.41) is 0. The third kappa shape index (κ3) is 57.4. The predicted octanol–water partition coefficient (Wildman–Crippen LogP) is 18.8. The number of unbranched alkanes of at least 4 members (excludes halogenated alkanes) is 36. The van der Waals surface area contributed by atoms with E-state index in [1.54, 1.807) is 0 Å². The number of nitrogens with zero attached hydrogens (tertiary/aromatic N) is 1. The first-order valence-electron chi connectivity index (χ1n) is 30.2. The third-order valence-electron chi connectivity index (χ3n) is 13.4. The molecule has 0 aromatic carbocycles. The molecule has 0 saturated carbocycles. The van der Waals surface area contributed by atoms with E-state index in [1.165, 1.54) is 199 Å². The molecular formula is C61H117NO8P+. The molecule has 10 heteroatoms. The zero-order valence-corrected chi connectivity index (χ0v) is 48.4. The molecular weight excluding hydrogens is 906 g/mol. The Morgan fingerprint density at radius 3 is 1.13 bits per heavy atom. The fraction of sp³-hybridized carbons (Fsp3) is 0.869. The van der Waals surface area contributed by atoms with Crippen molar-refractivity contribution < 1.29 is 42.1 Å². The van der Waals surface area contributed by atoms with Crippen molar-refractivity contribution in [3.8, 4) is 0 Å². The van der Waals surface area contributed by atoms with Crippen LogP contribution in [0.3, 0.4) is 0 Å². The molecule has 71 heavy (non-hydrogen) atoms. The molecule has 0 heterocycles. The summed E-state index contributed by atoms with van der Waals surface area (Å²) in [4.78, 5) is 35.7. The Hall–Kier alpha value is -1.77. The van der Waals surface area contributed by atoms with Crippen LogP contribution in [-0.4, -0.2) is 74.9 Å². The van der Waals surface area contributed by atoms with E-state index >= 15 is 0 Å². The zero-order chi connectivity index (χ0) is 52.0. The number of carbonyl (C=O) groups is 2. The number of rotatable bonds is 56. The van der Waals surface area contributed by atoms with E-state index < -0.39 is 26.5 Å². The first-order chi connectivity index (χ1) is 34.5. The maximum atomic E-state index is 12.8. The molecule has 0 amide bonds. The van der Waals surface area contributed by atoms with Crippen LogP contribution < -0.4 is 0 Å². The number of hydrogen-bond donors (Lipinski definition) is 1. The van der Waals surface area contributed by atoms with E-state index in [1.807, 2.05) is 21.1 Å². The Morgan fingerprint density at radius 1 is 0.437 bits per heavy atom. The zero-order valence-electron chi connectivity index (χ0n) is 47.5. The highest BCUT2D eigenvalue weighted by Crippen LogP contribution is 2.43. The molecule has 418 valence electrons. The van der Waals surface area contributed by atoms with Gasteiger partial charge in [0.1, 0.15) is 19.8 Å². The van der Waals surface area contributed by atoms with Crippen molar-refractivity contribution in [2.45, 2.75) is 296 Å². The standard InChI is InChI=1S/C61H116NO8P/c1-6-8-10-12-14-16-18-20-22-24-25-26-27-28-29-30-31-32-33-34-35-36-37-38-40-42-44-46-48-50-52-54-61(64)70-59(58-69-71(65,66)68-56-55-62(3,4)5)57-67-60(63)53-51-49-47-45-43-41-39-23-21-19-17-15-13-11-9-7-2/h18,20,23-25,39,59H,6-17,19,21-22,26-38,40-58H2,1-5H3/p+1/b20-18-,25-24-,39-23-. The van der Waals surface area contributed by atoms with Gasteiger partial charge in [0, 0.05) is 12.8 Å². The van der Waals surface area contributed by atoms with Gasteiger partial charge in [-0.05, 0) is 70.6 Å². The Labute approximate surface area is 440 Å². The second-order valence-corrected chi connectivity index (χ2v) is 23.2. The highest BCUT2D eigenvalue weighted by atomic mass is 31.2. The summed E-state index contributed by atoms with van der Waals surface area (Å²) in [6.07, 6.45) is 65.1. The maximum Gasteiger partial charge on any atom is 0.472 e. The van der Waals surface area contributed by atoms with Crippen LogP contribution in [0.1, 0.15) is 290 Å². The van der Waals surface area contributed by atoms with E-state index in [2.05, 4.69) is 50.3 Å². The van der Waals surface area contributed by atoms with Crippen molar-refractivity contribution in [2.75, 3.05) is 47.5 Å². The van der Waals surface area contributed by atoms with Crippen molar-refractivity contribution in [2.24, 2.45) is 0 Å². The lowest BCUT2D eigenvalue weighted by Gasteiger charge is -2.24. The van der Waals surface area contributed by atoms with Crippen molar-refractivity contribution in [1.29, 1.82) is 0 Å². The molecule has 0 spiro atoms. The SMILES string of the molecule is CCCCCCC/C=C\C/C=C\CCCCCCCCCCCCCCCCCCCCCC(=O)OC(COC(=O)CCCCCCC/C=C\CCCCCCCCC)COP(=O)(O)OCC[N+](C)(C)C. The van der Waals surface area contributed by atoms with Gasteiger partial charge >= 0.3 is 19.8 Å². The van der Waals surface area contributed by atoms with Gasteiger partial charge in [-0.25, -0.2) is 4.57 Å². The van der Waals surface area contributed by atoms with Crippen LogP contribution in [0, 0.1) is 0 Å². The second kappa shape index (κ2) is 53.1. The minimum atomic E-state index is -4.38. The van der Waals surface area contributed by atoms with Crippen LogP contribution in [0.2, 0.25) is 0 Å². The van der Waals surface area contributed by atoms with E-state index in [0.717, 1.165) is 57.8 Å². The van der Waals surface area contributed by atoms with Crippen LogP contribution in [-0.2, 0) is 32.7 Å². The largest absolute Gasteiger partial charge is 0.472 e. The summed E-state index contributed by atoms with van der Waals surface area (Å²) in [6, 6.07) is 0. The second-order valence-electron chi connectivity index (χ2n) is 21.7. The molecule has 0 aliphatic carbocycles. The summed E-state index contributed by atoms with van der Waals surface area (Å²) in [5.74, 6) is -0.794. The Morgan fingerprint density at radius 2 is 0.761 bits per heavy atom. The van der Waals surface area contributed by atoms with Crippen LogP contribution in [0.4, 0.5) is 0 Å². The molecule has 0 bridgehead atoms. The van der Waals surface area contributed by atoms with Gasteiger partial charge in [-0.1, -0.05) is 243 Å². The van der Waals surface area contributed by atoms with Gasteiger partial charge in [-0.15, -0.1) is 0 Å². The van der Waals surface area contributed by atoms with Gasteiger partial charge in [-0.3, -0.25) is 18.6 Å². The number of ether oxygens (including phenoxy) is 2. The van der Waals surface area contributed by atoms with Crippen LogP contribution in [0.25, 0.3) is 0 Å². The molecule has 0 saturated heterocycles. The molecule has 2 atom stereocenters. The number of esters is 2. The molecule has 0 radical (unpaired) electrons. The van der Waals surface area contributed by atoms with Gasteiger partial charge in [0.05, 0.1) is 27.7 Å². The number of phosphoric ester groups is 1. The lowest BCUT2D eigenvalue weighted by atomic mass is 10.0. The number of hydrogen-bond acceptors (Lipinski definition) is 7. The van der Waals surface area contributed by atoms with Gasteiger partial charge in [0.2, 0.25) is 0 Å². The van der Waals surface area contributed by atoms with Gasteiger partial charge in [0.15, 0.2) is 6.10 Å². The highest BCUT2D eigenvalue weighted by Gasteiger charge is 2.27. The average Bonchev–Trinajstić information content (AvgIpc) is 3.33. The van der Waals surface area contributed by atoms with Gasteiger partial charge in [-0.2, -0.15) is 0 Å². The maximum absolute atomic E-state index is 12.8. The Bertz CT molecular complexity index is 1300. The molecule has 0 fully saturated rings. The van der Waals surface area contributed by atoms with Crippen molar-refractivity contribution in [1.82, 2.24) is 0 Å². The lowest BCUT2D eigenvalue weighted by molar-refractivity contribution is -0.870. The first kappa shape index (κ1) is 69.2. The van der Waals surface area contributed by atoms with E-state index in [4.69, 9.17) is 18.5 Å². The monoisotopic (exact) mass is 1020 g/mol. The van der Waals surface area contributed by atoms with Crippen LogP contribution in [0.15, 0.2) is 36.5 Å². The van der Waals surface area contributed by atoms with E-state index in [0.29, 0.717) is 17.4 Å². The summed E-state index contributed by atoms with van der Waals surface area (Å²) >= 11 is 0. The lowest BCUT2D eigenvalue weighted by Crippen LogP contribution is -2.37. The number of carbonyl (C=O) groups excluding carboxylic acids is 2. The fourth-order valence-corrected chi connectivity index (χ4v) is 9.43. The van der Waals surface area contributed by atoms with Gasteiger partial charge < -0.3 is 18.9 Å². The van der Waals surface area contributed by atoms with Crippen LogP contribution in [0.5, 0.6) is 0 Å². The number of quaternary nitrogens is 1. The van der Waals surface area contributed by atoms with Gasteiger partial charge in [0.25, 0.3) is 0 Å². The molecule has 1 N–H and O–H groups in total. The molecule has 0 aromatic rings. The molecule has 2 unspecified atom stereocenters. The predicted molar refractivity (Wildman–Crippen MR) is 303 cm³/mol. The number of phosphoric acid groups is 1. The highest BCUT2D eigenvalue weighted by molar-refractivity contribution is 7.47. The quantitative estimate of drug-likeness (QED) is 0.0211. The summed E-state index contributed by atoms with van der Waals surface area (Å²) < 4.78 is 34.6. The molecule has 0 aliphatic heterocycles. The van der Waals surface area contributed by atoms with Crippen molar-refractivity contribution >= 4 is 19.8 Å². The van der Waals surface area contributed by atoms with E-state index in [9.17, 15) is 19.0 Å². The molecule has 0 rings (SSSR count). The number of likely N-dealkylation sites (N-methyl/N-ethyl adjacent to an activating group) is 1. The number of allylic oxidation sites excluding steroid dienone is 6. The van der Waals surface area contributed by atoms with Crippen molar-refractivity contribution in [3.63, 3.8) is 0 Å². The average molecular weight is 1020 g/mol. The summed E-state index contributed by atoms with van der Waals surface area (Å²) in [5.41, 5.74) is 0. The molecule has 0 aromatic heterocycles. The fourth-order valence-electron chi connectivity index (χ4n) is 8.69. The molecule has 0 aliphatic rings. The Kier molecular flexibility index (Phi) is 51.7. The smallest absolute Gasteiger partial charge is 0.462 e. The van der Waals surface area contributed by atoms with Crippen LogP contribution >= 0.6 is 7.82 Å². The normalized spacial score (nSPS) is 13.5. The minimum absolute atomic E-state index is 0.0322. The molecule has 9 nitrogen and oxygen atoms in total. The summed E-state index contributed by atoms with van der Waals surface area (Å²) in [6.45, 7) is 4.45. The Balaban J connectivity index is 4.04. The van der Waals surface area contributed by atoms with E-state index in [-0.39, 0.29) is 32.0 Å². The third-order valence-corrected chi connectivity index (χ3v) is 14.4. The van der Waals surface area contributed by atoms with Crippen molar-refractivity contribution in [3.05, 3.63) is 36.5 Å². The first-order valence-corrected chi connectivity index (χ1v) is 31.7. The summed E-state index contributed by atoms with van der Waals surface area (Å²) in [7, 11) is 1.48. The topological polar surface area (TPSA) is 108 Å². The minimum Gasteiger partial charge on any atom is -0.462 e.